The fourth-order valence-electron chi connectivity index (χ4n) is 4.55. The van der Waals surface area contributed by atoms with Crippen molar-refractivity contribution in [2.75, 3.05) is 0 Å². The first-order chi connectivity index (χ1) is 15.8. The Morgan fingerprint density at radius 2 is 1.15 bits per heavy atom. The number of aromatic nitrogens is 2. The number of hydrogen-bond donors (Lipinski definition) is 0. The van der Waals surface area contributed by atoms with Crippen molar-refractivity contribution in [3.63, 3.8) is 0 Å². The van der Waals surface area contributed by atoms with E-state index in [4.69, 9.17) is 0 Å². The maximum atomic E-state index is 12.8. The van der Waals surface area contributed by atoms with Crippen LogP contribution in [-0.2, 0) is 0 Å². The maximum absolute atomic E-state index is 12.8. The number of carboxylic acid groups (broad SMARTS) is 1. The first-order valence-electron chi connectivity index (χ1n) is 11.9. The molecular weight excluding hydrogens is 650 g/mol. The monoisotopic (exact) mass is 684 g/mol. The van der Waals surface area contributed by atoms with Gasteiger partial charge in [0.2, 0.25) is 0 Å². The van der Waals surface area contributed by atoms with Gasteiger partial charge in [0.05, 0.1) is 0 Å². The molecule has 0 unspecified atom stereocenters. The summed E-state index contributed by atoms with van der Waals surface area (Å²) in [4.78, 5) is 12.8. The Bertz CT molecular complexity index is 1080. The van der Waals surface area contributed by atoms with Gasteiger partial charge in [0.1, 0.15) is 23.8 Å². The lowest BCUT2D eigenvalue weighted by molar-refractivity contribution is -0.602. The first-order valence-corrected chi connectivity index (χ1v) is 14.0. The zero-order valence-corrected chi connectivity index (χ0v) is 25.6. The summed E-state index contributed by atoms with van der Waals surface area (Å²) >= 11 is 4.71. The molecule has 0 N–H and O–H groups in total. The molecule has 3 rings (SSSR count). The number of nitrogens with zero attached hydrogens (tertiary/aromatic N) is 2. The van der Waals surface area contributed by atoms with Crippen molar-refractivity contribution in [2.24, 2.45) is 0 Å². The summed E-state index contributed by atoms with van der Waals surface area (Å²) < 4.78 is 5.99. The van der Waals surface area contributed by atoms with Crippen LogP contribution in [0.3, 0.4) is 0 Å². The molecular formula is C28H34I2N2O2. The van der Waals surface area contributed by atoms with E-state index in [0.29, 0.717) is 0 Å². The quantitative estimate of drug-likeness (QED) is 0.203. The van der Waals surface area contributed by atoms with E-state index in [-0.39, 0.29) is 29.5 Å². The minimum atomic E-state index is -1.18. The number of carboxylic acids is 1. The molecule has 0 spiro atoms. The SMILES string of the molecule is CC(C)c1cc(I)cc(C(C)C)c1-n1cc[n+](-c2c(C(C)C)cc(I)cc2C(C)C)c1C(=O)[O-]. The maximum Gasteiger partial charge on any atom is 0.315 e. The number of benzene rings is 2. The molecule has 0 atom stereocenters. The molecule has 4 nitrogen and oxygen atoms in total. The van der Waals surface area contributed by atoms with Crippen LogP contribution in [0.15, 0.2) is 36.7 Å². The molecule has 0 amide bonds. The van der Waals surface area contributed by atoms with Gasteiger partial charge < -0.3 is 9.90 Å². The predicted molar refractivity (Wildman–Crippen MR) is 153 cm³/mol. The molecule has 0 aliphatic carbocycles. The van der Waals surface area contributed by atoms with Crippen molar-refractivity contribution in [1.82, 2.24) is 4.57 Å². The third-order valence-electron chi connectivity index (χ3n) is 6.24. The fourth-order valence-corrected chi connectivity index (χ4v) is 5.89. The molecule has 34 heavy (non-hydrogen) atoms. The number of carbonyl (C=O) groups excluding carboxylic acids is 1. The molecule has 1 aromatic heterocycles. The third-order valence-corrected chi connectivity index (χ3v) is 7.49. The summed E-state index contributed by atoms with van der Waals surface area (Å²) in [5.74, 6) is -0.0790. The van der Waals surface area contributed by atoms with Gasteiger partial charge in [-0.05, 0) is 93.1 Å². The summed E-state index contributed by atoms with van der Waals surface area (Å²) in [7, 11) is 0. The van der Waals surface area contributed by atoms with E-state index in [2.05, 4.69) is 125 Å². The zero-order chi connectivity index (χ0) is 25.5. The van der Waals surface area contributed by atoms with Crippen molar-refractivity contribution in [1.29, 1.82) is 0 Å². The summed E-state index contributed by atoms with van der Waals surface area (Å²) in [5, 5.41) is 12.8. The van der Waals surface area contributed by atoms with Crippen LogP contribution >= 0.6 is 45.2 Å². The summed E-state index contributed by atoms with van der Waals surface area (Å²) in [6.45, 7) is 17.2. The number of aromatic carboxylic acids is 1. The lowest BCUT2D eigenvalue weighted by Crippen LogP contribution is -2.44. The van der Waals surface area contributed by atoms with Crippen molar-refractivity contribution in [3.8, 4) is 11.4 Å². The minimum Gasteiger partial charge on any atom is -0.538 e. The molecule has 0 fully saturated rings. The molecule has 0 bridgehead atoms. The van der Waals surface area contributed by atoms with Gasteiger partial charge in [-0.25, -0.2) is 0 Å². The predicted octanol–water partition coefficient (Wildman–Crippen LogP) is 6.82. The van der Waals surface area contributed by atoms with E-state index in [9.17, 15) is 9.90 Å². The Labute approximate surface area is 231 Å². The minimum absolute atomic E-state index is 0.148. The van der Waals surface area contributed by atoms with Gasteiger partial charge in [-0.1, -0.05) is 55.4 Å². The number of rotatable bonds is 7. The van der Waals surface area contributed by atoms with Gasteiger partial charge in [-0.3, -0.25) is 0 Å². The normalized spacial score (nSPS) is 11.9. The second kappa shape index (κ2) is 10.7. The largest absolute Gasteiger partial charge is 0.538 e. The highest BCUT2D eigenvalue weighted by Crippen LogP contribution is 2.35. The lowest BCUT2D eigenvalue weighted by atomic mass is 9.92. The molecule has 0 aliphatic heterocycles. The van der Waals surface area contributed by atoms with Gasteiger partial charge in [-0.2, -0.15) is 9.13 Å². The Hall–Kier alpha value is -1.42. The molecule has 1 heterocycles. The van der Waals surface area contributed by atoms with Gasteiger partial charge in [-0.15, -0.1) is 0 Å². The Balaban J connectivity index is 2.48. The first kappa shape index (κ1) is 27.2. The van der Waals surface area contributed by atoms with E-state index in [1.165, 1.54) is 0 Å². The Morgan fingerprint density at radius 3 is 1.50 bits per heavy atom. The van der Waals surface area contributed by atoms with Crippen LogP contribution in [0.4, 0.5) is 0 Å². The van der Waals surface area contributed by atoms with Crippen LogP contribution in [0.25, 0.3) is 11.4 Å². The number of hydrogen-bond acceptors (Lipinski definition) is 2. The fraction of sp³-hybridized carbons (Fsp3) is 0.429. The van der Waals surface area contributed by atoms with Gasteiger partial charge >= 0.3 is 5.82 Å². The highest BCUT2D eigenvalue weighted by molar-refractivity contribution is 14.1. The smallest absolute Gasteiger partial charge is 0.315 e. The van der Waals surface area contributed by atoms with E-state index in [0.717, 1.165) is 40.8 Å². The highest BCUT2D eigenvalue weighted by atomic mass is 127. The summed E-state index contributed by atoms with van der Waals surface area (Å²) in [5.41, 5.74) is 6.44. The zero-order valence-electron chi connectivity index (χ0n) is 21.2. The number of imidazole rings is 1. The van der Waals surface area contributed by atoms with Crippen LogP contribution in [0.2, 0.25) is 0 Å². The molecule has 0 aliphatic rings. The lowest BCUT2D eigenvalue weighted by Gasteiger charge is -2.21. The van der Waals surface area contributed by atoms with Crippen LogP contribution in [0.5, 0.6) is 0 Å². The van der Waals surface area contributed by atoms with Crippen molar-refractivity contribution in [2.45, 2.75) is 79.1 Å². The van der Waals surface area contributed by atoms with Crippen molar-refractivity contribution < 1.29 is 14.5 Å². The molecule has 0 saturated heterocycles. The van der Waals surface area contributed by atoms with Crippen LogP contribution in [-0.4, -0.2) is 10.5 Å². The third kappa shape index (κ3) is 5.22. The second-order valence-corrected chi connectivity index (χ2v) is 12.6. The molecule has 182 valence electrons. The van der Waals surface area contributed by atoms with Gasteiger partial charge in [0.15, 0.2) is 5.97 Å². The topological polar surface area (TPSA) is 48.9 Å². The van der Waals surface area contributed by atoms with E-state index >= 15 is 0 Å². The van der Waals surface area contributed by atoms with Crippen molar-refractivity contribution in [3.05, 3.63) is 71.9 Å². The van der Waals surface area contributed by atoms with Crippen LogP contribution < -0.4 is 9.67 Å². The molecule has 2 aromatic carbocycles. The molecule has 0 radical (unpaired) electrons. The van der Waals surface area contributed by atoms with Crippen LogP contribution in [0.1, 0.15) is 112 Å². The molecule has 3 aromatic rings. The van der Waals surface area contributed by atoms with Crippen molar-refractivity contribution >= 4 is 51.2 Å². The summed E-state index contributed by atoms with van der Waals surface area (Å²) in [6.07, 6.45) is 3.77. The molecule has 0 saturated carbocycles. The van der Waals surface area contributed by atoms with E-state index in [1.807, 2.05) is 21.5 Å². The average Bonchev–Trinajstić information content (AvgIpc) is 3.16. The standard InChI is InChI=1S/C28H34I2N2O2/c1-15(2)21-11-19(29)12-22(16(3)4)25(21)31-9-10-32(27(31)28(33)34)26-23(17(5)6)13-20(30)14-24(26)18(7)8/h9-18H,1-8H3. The number of halogens is 2. The average molecular weight is 684 g/mol. The Morgan fingerprint density at radius 1 is 0.765 bits per heavy atom. The second-order valence-electron chi connectivity index (χ2n) is 10.1. The highest BCUT2D eigenvalue weighted by Gasteiger charge is 2.31. The van der Waals surface area contributed by atoms with Crippen LogP contribution in [0, 0.1) is 7.14 Å². The Kier molecular flexibility index (Phi) is 8.54. The van der Waals surface area contributed by atoms with Gasteiger partial charge in [0, 0.05) is 29.4 Å². The molecule has 6 heteroatoms. The van der Waals surface area contributed by atoms with Gasteiger partial charge in [0.25, 0.3) is 0 Å². The van der Waals surface area contributed by atoms with E-state index in [1.54, 1.807) is 0 Å². The van der Waals surface area contributed by atoms with E-state index < -0.39 is 5.97 Å². The summed E-state index contributed by atoms with van der Waals surface area (Å²) in [6, 6.07) is 8.67. The number of carbonyl (C=O) groups is 1.